The van der Waals surface area contributed by atoms with Gasteiger partial charge < -0.3 is 19.1 Å². The van der Waals surface area contributed by atoms with E-state index in [0.717, 1.165) is 61.3 Å². The van der Waals surface area contributed by atoms with Crippen LogP contribution in [0.3, 0.4) is 0 Å². The number of fused-ring (bicyclic) bond motifs is 9. The molecule has 0 radical (unpaired) electrons. The molecule has 5 aromatic carbocycles. The number of hydrogen-bond acceptors (Lipinski definition) is 5. The van der Waals surface area contributed by atoms with Gasteiger partial charge in [0, 0.05) is 47.2 Å². The predicted octanol–water partition coefficient (Wildman–Crippen LogP) is 9.58. The van der Waals surface area contributed by atoms with Gasteiger partial charge in [-0.25, -0.2) is 0 Å². The SMILES string of the molecule is C1=Cc2oc3cccc(N(c4ccc5ccc6ccccc6c5c4)c4cccc5oc6ccncc6c45)c3c2CN1. The number of pyridine rings is 1. The fraction of sp³-hybridized carbons (Fsp3) is 0.0278. The Kier molecular flexibility index (Phi) is 4.61. The molecule has 0 saturated carbocycles. The maximum absolute atomic E-state index is 6.34. The van der Waals surface area contributed by atoms with Gasteiger partial charge in [-0.1, -0.05) is 54.6 Å². The summed E-state index contributed by atoms with van der Waals surface area (Å²) < 4.78 is 12.6. The maximum atomic E-state index is 6.34. The number of rotatable bonds is 3. The first-order valence-electron chi connectivity index (χ1n) is 13.7. The Hall–Kier alpha value is -5.55. The Bertz CT molecular complexity index is 2340. The number of furan rings is 2. The van der Waals surface area contributed by atoms with E-state index in [2.05, 4.69) is 100 Å². The highest BCUT2D eigenvalue weighted by atomic mass is 16.3. The molecule has 0 fully saturated rings. The van der Waals surface area contributed by atoms with Gasteiger partial charge in [0.05, 0.1) is 16.8 Å². The van der Waals surface area contributed by atoms with Crippen molar-refractivity contribution in [3.8, 4) is 0 Å². The molecule has 0 aliphatic carbocycles. The molecule has 0 atom stereocenters. The number of aromatic nitrogens is 1. The van der Waals surface area contributed by atoms with E-state index in [1.807, 2.05) is 30.6 Å². The Balaban J connectivity index is 1.41. The molecule has 0 unspecified atom stereocenters. The lowest BCUT2D eigenvalue weighted by atomic mass is 10.00. The van der Waals surface area contributed by atoms with Gasteiger partial charge in [0.25, 0.3) is 0 Å². The molecule has 0 spiro atoms. The Morgan fingerprint density at radius 3 is 2.34 bits per heavy atom. The fourth-order valence-corrected chi connectivity index (χ4v) is 6.38. The summed E-state index contributed by atoms with van der Waals surface area (Å²) in [6.45, 7) is 0.703. The van der Waals surface area contributed by atoms with Crippen molar-refractivity contribution in [3.63, 3.8) is 0 Å². The van der Waals surface area contributed by atoms with Gasteiger partial charge in [-0.15, -0.1) is 0 Å². The van der Waals surface area contributed by atoms with Crippen molar-refractivity contribution in [1.29, 1.82) is 0 Å². The minimum absolute atomic E-state index is 0.703. The Morgan fingerprint density at radius 1 is 0.659 bits per heavy atom. The van der Waals surface area contributed by atoms with E-state index in [9.17, 15) is 0 Å². The molecule has 1 aliphatic rings. The maximum Gasteiger partial charge on any atom is 0.138 e. The van der Waals surface area contributed by atoms with Crippen molar-refractivity contribution in [2.75, 3.05) is 4.90 Å². The first-order chi connectivity index (χ1) is 20.3. The summed E-state index contributed by atoms with van der Waals surface area (Å²) in [5.74, 6) is 0.895. The second-order valence-electron chi connectivity index (χ2n) is 10.5. The van der Waals surface area contributed by atoms with Crippen LogP contribution in [0.5, 0.6) is 0 Å². The molecule has 3 aromatic heterocycles. The summed E-state index contributed by atoms with van der Waals surface area (Å²) in [6, 6.07) is 34.2. The topological polar surface area (TPSA) is 54.4 Å². The molecule has 194 valence electrons. The molecular weight excluding hydrogens is 506 g/mol. The first kappa shape index (κ1) is 22.3. The largest absolute Gasteiger partial charge is 0.456 e. The van der Waals surface area contributed by atoms with E-state index in [1.165, 1.54) is 21.5 Å². The number of nitrogens with one attached hydrogen (secondary N) is 1. The third-order valence-corrected chi connectivity index (χ3v) is 8.20. The van der Waals surface area contributed by atoms with Crippen LogP contribution in [0.1, 0.15) is 11.3 Å². The van der Waals surface area contributed by atoms with Gasteiger partial charge >= 0.3 is 0 Å². The average molecular weight is 530 g/mol. The zero-order chi connectivity index (χ0) is 26.9. The molecule has 5 nitrogen and oxygen atoms in total. The summed E-state index contributed by atoms with van der Waals surface area (Å²) in [5, 5.41) is 11.4. The van der Waals surface area contributed by atoms with Gasteiger partial charge in [0.2, 0.25) is 0 Å². The monoisotopic (exact) mass is 529 g/mol. The highest BCUT2D eigenvalue weighted by Crippen LogP contribution is 2.47. The van der Waals surface area contributed by atoms with Crippen molar-refractivity contribution in [2.45, 2.75) is 6.54 Å². The van der Waals surface area contributed by atoms with Crippen LogP contribution in [0.2, 0.25) is 0 Å². The summed E-state index contributed by atoms with van der Waals surface area (Å²) in [4.78, 5) is 6.80. The molecule has 41 heavy (non-hydrogen) atoms. The molecule has 8 aromatic rings. The van der Waals surface area contributed by atoms with E-state index in [4.69, 9.17) is 8.83 Å². The van der Waals surface area contributed by atoms with Crippen molar-refractivity contribution >= 4 is 77.6 Å². The first-order valence-corrected chi connectivity index (χ1v) is 13.7. The Morgan fingerprint density at radius 2 is 1.44 bits per heavy atom. The highest BCUT2D eigenvalue weighted by molar-refractivity contribution is 6.15. The third-order valence-electron chi connectivity index (χ3n) is 8.20. The predicted molar refractivity (Wildman–Crippen MR) is 167 cm³/mol. The average Bonchev–Trinajstić information content (AvgIpc) is 3.60. The number of hydrogen-bond donors (Lipinski definition) is 1. The van der Waals surface area contributed by atoms with Crippen LogP contribution in [0.25, 0.3) is 60.5 Å². The summed E-state index contributed by atoms with van der Waals surface area (Å²) >= 11 is 0. The standard InChI is InChI=1S/C36H23N3O2/c1-2-6-25-22(5-1)11-12-23-13-14-24(19-26(23)25)39(29-7-3-9-33-35(29)27-20-37-17-15-31(27)40-33)30-8-4-10-34-36(30)28-21-38-18-16-32(28)41-34/h1-20,38H,21H2. The minimum Gasteiger partial charge on any atom is -0.456 e. The van der Waals surface area contributed by atoms with E-state index in [-0.39, 0.29) is 0 Å². The van der Waals surface area contributed by atoms with E-state index < -0.39 is 0 Å². The van der Waals surface area contributed by atoms with Gasteiger partial charge in [0.15, 0.2) is 0 Å². The lowest BCUT2D eigenvalue weighted by Crippen LogP contribution is -2.13. The lowest BCUT2D eigenvalue weighted by molar-refractivity contribution is 0.592. The second kappa shape index (κ2) is 8.47. The molecular formula is C36H23N3O2. The lowest BCUT2D eigenvalue weighted by Gasteiger charge is -2.27. The van der Waals surface area contributed by atoms with Crippen molar-refractivity contribution in [1.82, 2.24) is 10.3 Å². The van der Waals surface area contributed by atoms with Crippen LogP contribution in [-0.2, 0) is 6.54 Å². The summed E-state index contributed by atoms with van der Waals surface area (Å²) in [7, 11) is 0. The molecule has 0 saturated heterocycles. The molecule has 1 N–H and O–H groups in total. The van der Waals surface area contributed by atoms with Crippen LogP contribution in [0.15, 0.2) is 124 Å². The van der Waals surface area contributed by atoms with Gasteiger partial charge in [0.1, 0.15) is 22.5 Å². The van der Waals surface area contributed by atoms with Crippen molar-refractivity contribution < 1.29 is 8.83 Å². The molecule has 0 amide bonds. The van der Waals surface area contributed by atoms with E-state index in [1.54, 1.807) is 6.20 Å². The Labute approximate surface area is 234 Å². The van der Waals surface area contributed by atoms with Gasteiger partial charge in [-0.05, 0) is 70.1 Å². The number of nitrogens with zero attached hydrogens (tertiary/aromatic N) is 2. The number of anilines is 3. The highest BCUT2D eigenvalue weighted by Gasteiger charge is 2.25. The summed E-state index contributed by atoms with van der Waals surface area (Å²) in [5.41, 5.74) is 6.79. The third kappa shape index (κ3) is 3.26. The van der Waals surface area contributed by atoms with E-state index in [0.29, 0.717) is 6.54 Å². The van der Waals surface area contributed by atoms with E-state index >= 15 is 0 Å². The molecule has 4 heterocycles. The zero-order valence-corrected chi connectivity index (χ0v) is 22.0. The van der Waals surface area contributed by atoms with Gasteiger partial charge in [-0.3, -0.25) is 4.98 Å². The fourth-order valence-electron chi connectivity index (χ4n) is 6.38. The van der Waals surface area contributed by atoms with Crippen LogP contribution < -0.4 is 10.2 Å². The normalized spacial score (nSPS) is 12.9. The minimum atomic E-state index is 0.703. The molecule has 1 aliphatic heterocycles. The molecule has 5 heteroatoms. The van der Waals surface area contributed by atoms with Crippen molar-refractivity contribution in [3.05, 3.63) is 127 Å². The second-order valence-corrected chi connectivity index (χ2v) is 10.5. The van der Waals surface area contributed by atoms with Crippen LogP contribution in [-0.4, -0.2) is 4.98 Å². The van der Waals surface area contributed by atoms with Crippen LogP contribution in [0.4, 0.5) is 17.1 Å². The zero-order valence-electron chi connectivity index (χ0n) is 22.0. The molecule has 0 bridgehead atoms. The molecule has 9 rings (SSSR count). The smallest absolute Gasteiger partial charge is 0.138 e. The van der Waals surface area contributed by atoms with Crippen LogP contribution in [0, 0.1) is 0 Å². The van der Waals surface area contributed by atoms with Crippen LogP contribution >= 0.6 is 0 Å². The summed E-state index contributed by atoms with van der Waals surface area (Å²) in [6.07, 6.45) is 7.62. The van der Waals surface area contributed by atoms with Crippen molar-refractivity contribution in [2.24, 2.45) is 0 Å². The number of benzene rings is 5. The van der Waals surface area contributed by atoms with Gasteiger partial charge in [-0.2, -0.15) is 0 Å². The quantitative estimate of drug-likeness (QED) is 0.231.